The van der Waals surface area contributed by atoms with Gasteiger partial charge < -0.3 is 0 Å². The average molecular weight is 268 g/mol. The van der Waals surface area contributed by atoms with E-state index in [0.717, 1.165) is 5.56 Å². The third-order valence-corrected chi connectivity index (χ3v) is 4.78. The molecule has 0 spiro atoms. The Kier molecular flexibility index (Phi) is 3.68. The fourth-order valence-corrected chi connectivity index (χ4v) is 3.64. The van der Waals surface area contributed by atoms with E-state index in [1.165, 1.54) is 0 Å². The first-order valence-electron chi connectivity index (χ1n) is 5.80. The highest BCUT2D eigenvalue weighted by Crippen LogP contribution is 2.11. The summed E-state index contributed by atoms with van der Waals surface area (Å²) < 4.78 is 22.5. The normalized spacial score (nSPS) is 21.7. The highest BCUT2D eigenvalue weighted by molar-refractivity contribution is 7.91. The second-order valence-electron chi connectivity index (χ2n) is 4.51. The van der Waals surface area contributed by atoms with Gasteiger partial charge in [-0.25, -0.2) is 13.8 Å². The molecule has 1 fully saturated rings. The quantitative estimate of drug-likeness (QED) is 0.779. The Labute approximate surface area is 106 Å². The molecule has 0 radical (unpaired) electrons. The number of hydrazine groups is 1. The van der Waals surface area contributed by atoms with Gasteiger partial charge in [-0.05, 0) is 25.0 Å². The number of carbonyl (C=O) groups is 1. The van der Waals surface area contributed by atoms with Crippen LogP contribution in [-0.4, -0.2) is 31.9 Å². The molecule has 1 saturated heterocycles. The highest BCUT2D eigenvalue weighted by atomic mass is 32.2. The second kappa shape index (κ2) is 5.07. The lowest BCUT2D eigenvalue weighted by molar-refractivity contribution is 0.0926. The second-order valence-corrected chi connectivity index (χ2v) is 6.74. The van der Waals surface area contributed by atoms with Gasteiger partial charge in [0.1, 0.15) is 0 Å². The average Bonchev–Trinajstić information content (AvgIpc) is 2.66. The standard InChI is InChI=1S/C12H16N2O3S/c1-9-4-2-3-5-11(9)12(15)14-13-10-6-7-18(16,17)8-10/h2-5,10,13H,6-8H2,1H3,(H,14,15). The molecule has 1 heterocycles. The van der Waals surface area contributed by atoms with Gasteiger partial charge in [0.2, 0.25) is 0 Å². The van der Waals surface area contributed by atoms with Crippen LogP contribution in [-0.2, 0) is 9.84 Å². The molecule has 1 unspecified atom stereocenters. The number of nitrogens with one attached hydrogen (secondary N) is 2. The van der Waals surface area contributed by atoms with Crippen molar-refractivity contribution in [3.8, 4) is 0 Å². The fraction of sp³-hybridized carbons (Fsp3) is 0.417. The molecule has 2 rings (SSSR count). The molecule has 1 aromatic carbocycles. The zero-order chi connectivity index (χ0) is 13.2. The Balaban J connectivity index is 1.92. The van der Waals surface area contributed by atoms with Crippen molar-refractivity contribution in [2.75, 3.05) is 11.5 Å². The number of carbonyl (C=O) groups excluding carboxylic acids is 1. The van der Waals surface area contributed by atoms with Crippen molar-refractivity contribution in [3.05, 3.63) is 35.4 Å². The molecule has 6 heteroatoms. The van der Waals surface area contributed by atoms with Crippen LogP contribution in [0.25, 0.3) is 0 Å². The Morgan fingerprint density at radius 2 is 2.06 bits per heavy atom. The van der Waals surface area contributed by atoms with Gasteiger partial charge in [0.05, 0.1) is 11.5 Å². The molecular formula is C12H16N2O3S. The van der Waals surface area contributed by atoms with Crippen molar-refractivity contribution < 1.29 is 13.2 Å². The van der Waals surface area contributed by atoms with Crippen molar-refractivity contribution in [1.82, 2.24) is 10.9 Å². The van der Waals surface area contributed by atoms with Gasteiger partial charge in [-0.3, -0.25) is 10.2 Å². The van der Waals surface area contributed by atoms with E-state index in [4.69, 9.17) is 0 Å². The maximum absolute atomic E-state index is 11.9. The summed E-state index contributed by atoms with van der Waals surface area (Å²) in [5, 5.41) is 0. The van der Waals surface area contributed by atoms with E-state index < -0.39 is 9.84 Å². The summed E-state index contributed by atoms with van der Waals surface area (Å²) in [4.78, 5) is 11.9. The monoisotopic (exact) mass is 268 g/mol. The van der Waals surface area contributed by atoms with E-state index in [1.807, 2.05) is 19.1 Å². The van der Waals surface area contributed by atoms with Crippen LogP contribution < -0.4 is 10.9 Å². The molecule has 1 amide bonds. The number of hydrogen-bond acceptors (Lipinski definition) is 4. The molecule has 1 aliphatic heterocycles. The van der Waals surface area contributed by atoms with E-state index in [0.29, 0.717) is 12.0 Å². The summed E-state index contributed by atoms with van der Waals surface area (Å²) in [6, 6.07) is 7.06. The summed E-state index contributed by atoms with van der Waals surface area (Å²) in [7, 11) is -2.93. The topological polar surface area (TPSA) is 75.3 Å². The van der Waals surface area contributed by atoms with Crippen LogP contribution in [0.1, 0.15) is 22.3 Å². The predicted octanol–water partition coefficient (Wildman–Crippen LogP) is 0.417. The van der Waals surface area contributed by atoms with Crippen LogP contribution in [0, 0.1) is 6.92 Å². The Morgan fingerprint density at radius 3 is 2.67 bits per heavy atom. The smallest absolute Gasteiger partial charge is 0.265 e. The largest absolute Gasteiger partial charge is 0.287 e. The zero-order valence-corrected chi connectivity index (χ0v) is 11.0. The van der Waals surface area contributed by atoms with Gasteiger partial charge in [0.25, 0.3) is 5.91 Å². The summed E-state index contributed by atoms with van der Waals surface area (Å²) in [5.74, 6) is 0.0313. The molecule has 2 N–H and O–H groups in total. The van der Waals surface area contributed by atoms with Crippen LogP contribution in [0.3, 0.4) is 0 Å². The van der Waals surface area contributed by atoms with E-state index >= 15 is 0 Å². The van der Waals surface area contributed by atoms with Crippen molar-refractivity contribution in [3.63, 3.8) is 0 Å². The summed E-state index contributed by atoms with van der Waals surface area (Å²) in [6.07, 6.45) is 0.538. The third kappa shape index (κ3) is 3.08. The summed E-state index contributed by atoms with van der Waals surface area (Å²) in [5.41, 5.74) is 6.82. The molecule has 0 bridgehead atoms. The molecule has 98 valence electrons. The predicted molar refractivity (Wildman–Crippen MR) is 68.8 cm³/mol. The number of hydrogen-bond donors (Lipinski definition) is 2. The van der Waals surface area contributed by atoms with Gasteiger partial charge in [0.15, 0.2) is 9.84 Å². The van der Waals surface area contributed by atoms with Crippen molar-refractivity contribution in [2.24, 2.45) is 0 Å². The van der Waals surface area contributed by atoms with Gasteiger partial charge in [0, 0.05) is 11.6 Å². The molecule has 0 aromatic heterocycles. The van der Waals surface area contributed by atoms with Crippen molar-refractivity contribution in [1.29, 1.82) is 0 Å². The lowest BCUT2D eigenvalue weighted by Crippen LogP contribution is -2.45. The van der Waals surface area contributed by atoms with E-state index in [1.54, 1.807) is 12.1 Å². The maximum atomic E-state index is 11.9. The van der Waals surface area contributed by atoms with Crippen LogP contribution in [0.2, 0.25) is 0 Å². The first kappa shape index (κ1) is 13.0. The first-order chi connectivity index (χ1) is 8.48. The minimum atomic E-state index is -2.93. The van der Waals surface area contributed by atoms with Gasteiger partial charge in [-0.15, -0.1) is 0 Å². The lowest BCUT2D eigenvalue weighted by atomic mass is 10.1. The molecular weight excluding hydrogens is 252 g/mol. The van der Waals surface area contributed by atoms with Crippen molar-refractivity contribution in [2.45, 2.75) is 19.4 Å². The number of rotatable bonds is 3. The van der Waals surface area contributed by atoms with Crippen LogP contribution in [0.5, 0.6) is 0 Å². The minimum Gasteiger partial charge on any atom is -0.287 e. The molecule has 1 atom stereocenters. The number of aryl methyl sites for hydroxylation is 1. The van der Waals surface area contributed by atoms with Gasteiger partial charge in [-0.2, -0.15) is 0 Å². The Morgan fingerprint density at radius 1 is 1.33 bits per heavy atom. The third-order valence-electron chi connectivity index (χ3n) is 3.01. The molecule has 5 nitrogen and oxygen atoms in total. The molecule has 0 aliphatic carbocycles. The first-order valence-corrected chi connectivity index (χ1v) is 7.62. The molecule has 1 aromatic rings. The zero-order valence-electron chi connectivity index (χ0n) is 10.1. The summed E-state index contributed by atoms with van der Waals surface area (Å²) >= 11 is 0. The highest BCUT2D eigenvalue weighted by Gasteiger charge is 2.27. The number of sulfone groups is 1. The number of benzene rings is 1. The number of amides is 1. The van der Waals surface area contributed by atoms with Crippen LogP contribution >= 0.6 is 0 Å². The lowest BCUT2D eigenvalue weighted by Gasteiger charge is -2.12. The Bertz CT molecular complexity index is 554. The maximum Gasteiger partial charge on any atom is 0.265 e. The van der Waals surface area contributed by atoms with E-state index in [2.05, 4.69) is 10.9 Å². The van der Waals surface area contributed by atoms with Crippen LogP contribution in [0.4, 0.5) is 0 Å². The van der Waals surface area contributed by atoms with Crippen LogP contribution in [0.15, 0.2) is 24.3 Å². The molecule has 18 heavy (non-hydrogen) atoms. The van der Waals surface area contributed by atoms with E-state index in [9.17, 15) is 13.2 Å². The molecule has 1 aliphatic rings. The molecule has 0 saturated carbocycles. The van der Waals surface area contributed by atoms with Gasteiger partial charge in [-0.1, -0.05) is 18.2 Å². The minimum absolute atomic E-state index is 0.0844. The van der Waals surface area contributed by atoms with Gasteiger partial charge >= 0.3 is 0 Å². The fourth-order valence-electron chi connectivity index (χ4n) is 1.97. The van der Waals surface area contributed by atoms with E-state index in [-0.39, 0.29) is 23.5 Å². The van der Waals surface area contributed by atoms with Crippen molar-refractivity contribution >= 4 is 15.7 Å². The summed E-state index contributed by atoms with van der Waals surface area (Å²) in [6.45, 7) is 1.86. The Hall–Kier alpha value is -1.40. The SMILES string of the molecule is Cc1ccccc1C(=O)NNC1CCS(=O)(=O)C1.